The van der Waals surface area contributed by atoms with Gasteiger partial charge in [0.2, 0.25) is 5.91 Å². The largest absolute Gasteiger partial charge is 0.415 e. The molecule has 0 aromatic carbocycles. The summed E-state index contributed by atoms with van der Waals surface area (Å²) in [5.74, 6) is -0.254. The highest BCUT2D eigenvalue weighted by Crippen LogP contribution is 2.20. The third-order valence-electron chi connectivity index (χ3n) is 2.63. The van der Waals surface area contributed by atoms with Crippen molar-refractivity contribution in [2.45, 2.75) is 12.3 Å². The molecule has 8 heteroatoms. The second-order valence-corrected chi connectivity index (χ2v) is 4.25. The Morgan fingerprint density at radius 3 is 2.50 bits per heavy atom. The van der Waals surface area contributed by atoms with Crippen LogP contribution < -0.4 is 0 Å². The van der Waals surface area contributed by atoms with Crippen molar-refractivity contribution in [3.8, 4) is 0 Å². The number of morpholine rings is 1. The lowest BCUT2D eigenvalue weighted by Crippen LogP contribution is -2.47. The minimum Gasteiger partial charge on any atom is -0.382 e. The van der Waals surface area contributed by atoms with Gasteiger partial charge < -0.3 is 14.7 Å². The molecule has 1 rings (SSSR count). The van der Waals surface area contributed by atoms with E-state index in [0.29, 0.717) is 26.3 Å². The first kappa shape index (κ1) is 15.2. The minimum absolute atomic E-state index is 0.146. The normalized spacial score (nSPS) is 19.1. The van der Waals surface area contributed by atoms with E-state index in [1.807, 2.05) is 0 Å². The van der Waals surface area contributed by atoms with Gasteiger partial charge in [0.15, 0.2) is 6.10 Å². The Labute approximate surface area is 103 Å². The number of amides is 1. The molecule has 1 N–H and O–H groups in total. The van der Waals surface area contributed by atoms with Gasteiger partial charge in [-0.15, -0.1) is 0 Å². The molecule has 1 amide bonds. The van der Waals surface area contributed by atoms with Gasteiger partial charge in [-0.2, -0.15) is 13.2 Å². The van der Waals surface area contributed by atoms with Gasteiger partial charge in [0.25, 0.3) is 0 Å². The molecule has 0 spiro atoms. The number of ether oxygens (including phenoxy) is 1. The number of carbonyl (C=O) groups is 1. The lowest BCUT2D eigenvalue weighted by Gasteiger charge is -2.29. The van der Waals surface area contributed by atoms with Gasteiger partial charge in [-0.05, 0) is 7.05 Å². The van der Waals surface area contributed by atoms with Crippen molar-refractivity contribution >= 4 is 5.91 Å². The monoisotopic (exact) mass is 270 g/mol. The van der Waals surface area contributed by atoms with Gasteiger partial charge in [-0.25, -0.2) is 0 Å². The Morgan fingerprint density at radius 2 is 2.00 bits per heavy atom. The number of hydrogen-bond acceptors (Lipinski definition) is 4. The van der Waals surface area contributed by atoms with Gasteiger partial charge in [0.05, 0.1) is 19.8 Å². The Balaban J connectivity index is 2.35. The molecule has 1 unspecified atom stereocenters. The van der Waals surface area contributed by atoms with Crippen LogP contribution in [0.5, 0.6) is 0 Å². The first-order valence-electron chi connectivity index (χ1n) is 5.59. The Morgan fingerprint density at radius 1 is 1.44 bits per heavy atom. The predicted molar refractivity (Wildman–Crippen MR) is 57.0 cm³/mol. The molecule has 5 nitrogen and oxygen atoms in total. The van der Waals surface area contributed by atoms with Crippen molar-refractivity contribution in [2.75, 3.05) is 46.4 Å². The standard InChI is InChI=1S/C10H17F3N2O3/c1-14(6-8(16)10(11,12)13)7-9(17)15-2-4-18-5-3-15/h8,16H,2-7H2,1H3. The summed E-state index contributed by atoms with van der Waals surface area (Å²) in [4.78, 5) is 14.4. The van der Waals surface area contributed by atoms with Crippen LogP contribution in [0.3, 0.4) is 0 Å². The number of rotatable bonds is 4. The quantitative estimate of drug-likeness (QED) is 0.762. The van der Waals surface area contributed by atoms with E-state index < -0.39 is 18.8 Å². The molecule has 1 aliphatic rings. The minimum atomic E-state index is -4.66. The van der Waals surface area contributed by atoms with Crippen molar-refractivity contribution in [3.63, 3.8) is 0 Å². The first-order valence-corrected chi connectivity index (χ1v) is 5.59. The van der Waals surface area contributed by atoms with E-state index in [2.05, 4.69) is 0 Å². The molecular formula is C10H17F3N2O3. The van der Waals surface area contributed by atoms with Gasteiger partial charge in [-0.3, -0.25) is 9.69 Å². The van der Waals surface area contributed by atoms with Crippen LogP contribution in [-0.2, 0) is 9.53 Å². The summed E-state index contributed by atoms with van der Waals surface area (Å²) >= 11 is 0. The van der Waals surface area contributed by atoms with Crippen LogP contribution in [-0.4, -0.2) is 79.5 Å². The van der Waals surface area contributed by atoms with Crippen molar-refractivity contribution in [3.05, 3.63) is 0 Å². The highest BCUT2D eigenvalue weighted by Gasteiger charge is 2.38. The Bertz CT molecular complexity index is 280. The summed E-state index contributed by atoms with van der Waals surface area (Å²) in [5.41, 5.74) is 0. The van der Waals surface area contributed by atoms with Crippen molar-refractivity contribution in [1.29, 1.82) is 0 Å². The van der Waals surface area contributed by atoms with E-state index in [1.54, 1.807) is 4.90 Å². The van der Waals surface area contributed by atoms with Gasteiger partial charge >= 0.3 is 6.18 Å². The zero-order valence-corrected chi connectivity index (χ0v) is 10.1. The second kappa shape index (κ2) is 6.35. The maximum Gasteiger partial charge on any atom is 0.415 e. The van der Waals surface area contributed by atoms with Crippen LogP contribution in [0.2, 0.25) is 0 Å². The number of alkyl halides is 3. The van der Waals surface area contributed by atoms with Gasteiger partial charge in [0.1, 0.15) is 0 Å². The number of aliphatic hydroxyl groups is 1. The summed E-state index contributed by atoms with van der Waals surface area (Å²) in [6.07, 6.45) is -7.09. The fourth-order valence-electron chi connectivity index (χ4n) is 1.61. The van der Waals surface area contributed by atoms with Gasteiger partial charge in [-0.1, -0.05) is 0 Å². The first-order chi connectivity index (χ1) is 8.30. The number of carbonyl (C=O) groups excluding carboxylic acids is 1. The van der Waals surface area contributed by atoms with Crippen LogP contribution in [0.4, 0.5) is 13.2 Å². The molecular weight excluding hydrogens is 253 g/mol. The number of nitrogens with zero attached hydrogens (tertiary/aromatic N) is 2. The van der Waals surface area contributed by atoms with E-state index in [9.17, 15) is 18.0 Å². The zero-order valence-electron chi connectivity index (χ0n) is 10.1. The van der Waals surface area contributed by atoms with Crippen LogP contribution in [0.15, 0.2) is 0 Å². The zero-order chi connectivity index (χ0) is 13.8. The van der Waals surface area contributed by atoms with Crippen LogP contribution in [0.25, 0.3) is 0 Å². The van der Waals surface area contributed by atoms with Crippen molar-refractivity contribution in [2.24, 2.45) is 0 Å². The second-order valence-electron chi connectivity index (χ2n) is 4.25. The molecule has 1 saturated heterocycles. The topological polar surface area (TPSA) is 53.0 Å². The van der Waals surface area contributed by atoms with E-state index in [-0.39, 0.29) is 12.5 Å². The molecule has 1 fully saturated rings. The predicted octanol–water partition coefficient (Wildman–Crippen LogP) is -0.300. The van der Waals surface area contributed by atoms with E-state index >= 15 is 0 Å². The third-order valence-corrected chi connectivity index (χ3v) is 2.63. The Hall–Kier alpha value is -0.860. The number of likely N-dealkylation sites (N-methyl/N-ethyl adjacent to an activating group) is 1. The van der Waals surface area contributed by atoms with Crippen molar-refractivity contribution < 1.29 is 27.8 Å². The lowest BCUT2D eigenvalue weighted by atomic mass is 10.3. The van der Waals surface area contributed by atoms with Gasteiger partial charge in [0, 0.05) is 19.6 Å². The summed E-state index contributed by atoms with van der Waals surface area (Å²) in [6, 6.07) is 0. The number of hydrogen-bond donors (Lipinski definition) is 1. The summed E-state index contributed by atoms with van der Waals surface area (Å²) in [5, 5.41) is 8.87. The average Bonchev–Trinajstić information content (AvgIpc) is 2.28. The molecule has 0 saturated carbocycles. The fraction of sp³-hybridized carbons (Fsp3) is 0.900. The molecule has 0 aromatic heterocycles. The molecule has 0 bridgehead atoms. The smallest absolute Gasteiger partial charge is 0.382 e. The van der Waals surface area contributed by atoms with Crippen LogP contribution in [0.1, 0.15) is 0 Å². The fourth-order valence-corrected chi connectivity index (χ4v) is 1.61. The molecule has 0 aliphatic carbocycles. The molecule has 1 heterocycles. The van der Waals surface area contributed by atoms with E-state index in [4.69, 9.17) is 9.84 Å². The number of halogens is 3. The molecule has 1 atom stereocenters. The Kier molecular flexibility index (Phi) is 5.36. The van der Waals surface area contributed by atoms with Crippen LogP contribution >= 0.6 is 0 Å². The molecule has 1 aliphatic heterocycles. The summed E-state index contributed by atoms with van der Waals surface area (Å²) in [6.45, 7) is 1.04. The maximum atomic E-state index is 12.1. The molecule has 0 radical (unpaired) electrons. The highest BCUT2D eigenvalue weighted by atomic mass is 19.4. The molecule has 106 valence electrons. The molecule has 18 heavy (non-hydrogen) atoms. The van der Waals surface area contributed by atoms with Crippen molar-refractivity contribution in [1.82, 2.24) is 9.80 Å². The summed E-state index contributed by atoms with van der Waals surface area (Å²) in [7, 11) is 1.37. The average molecular weight is 270 g/mol. The third kappa shape index (κ3) is 4.79. The summed E-state index contributed by atoms with van der Waals surface area (Å²) < 4.78 is 41.4. The van der Waals surface area contributed by atoms with E-state index in [1.165, 1.54) is 7.05 Å². The highest BCUT2D eigenvalue weighted by molar-refractivity contribution is 5.78. The number of aliphatic hydroxyl groups excluding tert-OH is 1. The molecule has 0 aromatic rings. The SMILES string of the molecule is CN(CC(=O)N1CCOCC1)CC(O)C(F)(F)F. The van der Waals surface area contributed by atoms with E-state index in [0.717, 1.165) is 4.90 Å². The van der Waals surface area contributed by atoms with Crippen LogP contribution in [0, 0.1) is 0 Å². The maximum absolute atomic E-state index is 12.1. The lowest BCUT2D eigenvalue weighted by molar-refractivity contribution is -0.207.